The van der Waals surface area contributed by atoms with Gasteiger partial charge in [-0.25, -0.2) is 4.98 Å². The van der Waals surface area contributed by atoms with Gasteiger partial charge in [-0.1, -0.05) is 66.2 Å². The van der Waals surface area contributed by atoms with Gasteiger partial charge in [0, 0.05) is 31.2 Å². The van der Waals surface area contributed by atoms with E-state index in [2.05, 4.69) is 5.32 Å². The van der Waals surface area contributed by atoms with Crippen LogP contribution in [0.4, 0.5) is 5.82 Å². The van der Waals surface area contributed by atoms with E-state index in [0.29, 0.717) is 60.0 Å². The maximum absolute atomic E-state index is 13.9. The van der Waals surface area contributed by atoms with Crippen molar-refractivity contribution in [1.82, 2.24) is 14.5 Å². The first-order valence-electron chi connectivity index (χ1n) is 11.8. The van der Waals surface area contributed by atoms with Crippen LogP contribution >= 0.6 is 11.6 Å². The number of aromatic nitrogens is 2. The summed E-state index contributed by atoms with van der Waals surface area (Å²) in [4.78, 5) is 20.5. The molecule has 4 aromatic rings. The normalized spacial score (nSPS) is 13.1. The number of anilines is 1. The molecule has 1 N–H and O–H groups in total. The lowest BCUT2D eigenvalue weighted by Gasteiger charge is -2.22. The van der Waals surface area contributed by atoms with Crippen LogP contribution in [0, 0.1) is 0 Å². The summed E-state index contributed by atoms with van der Waals surface area (Å²) < 4.78 is 13.5. The Morgan fingerprint density at radius 3 is 2.47 bits per heavy atom. The number of nitrogens with one attached hydrogen (secondary N) is 1. The molecule has 0 saturated carbocycles. The van der Waals surface area contributed by atoms with E-state index in [1.807, 2.05) is 88.3 Å². The Kier molecular flexibility index (Phi) is 7.09. The number of carbonyl (C=O) groups excluding carboxylic acids is 1. The van der Waals surface area contributed by atoms with Gasteiger partial charge in [0.25, 0.3) is 5.91 Å². The highest BCUT2D eigenvalue weighted by molar-refractivity contribution is 6.30. The highest BCUT2D eigenvalue weighted by Crippen LogP contribution is 2.29. The van der Waals surface area contributed by atoms with Crippen molar-refractivity contribution in [3.63, 3.8) is 0 Å². The van der Waals surface area contributed by atoms with Crippen LogP contribution in [-0.4, -0.2) is 40.6 Å². The maximum Gasteiger partial charge on any atom is 0.274 e. The average Bonchev–Trinajstić information content (AvgIpc) is 3.15. The highest BCUT2D eigenvalue weighted by atomic mass is 35.5. The quantitative estimate of drug-likeness (QED) is 0.357. The van der Waals surface area contributed by atoms with Gasteiger partial charge in [-0.3, -0.25) is 4.79 Å². The second-order valence-electron chi connectivity index (χ2n) is 8.52. The summed E-state index contributed by atoms with van der Waals surface area (Å²) in [5, 5.41) is 4.00. The van der Waals surface area contributed by atoms with Crippen molar-refractivity contribution in [3.8, 4) is 11.5 Å². The van der Waals surface area contributed by atoms with Gasteiger partial charge in [-0.2, -0.15) is 0 Å². The lowest BCUT2D eigenvalue weighted by molar-refractivity contribution is 0.0744. The fourth-order valence-corrected chi connectivity index (χ4v) is 4.55. The predicted octanol–water partition coefficient (Wildman–Crippen LogP) is 5.24. The first-order chi connectivity index (χ1) is 17.6. The van der Waals surface area contributed by atoms with Crippen molar-refractivity contribution in [2.45, 2.75) is 19.7 Å². The maximum atomic E-state index is 13.9. The number of hydrogen-bond donors (Lipinski definition) is 1. The third-order valence-corrected chi connectivity index (χ3v) is 6.32. The summed E-state index contributed by atoms with van der Waals surface area (Å²) in [6.45, 7) is 2.29. The second-order valence-corrected chi connectivity index (χ2v) is 8.96. The van der Waals surface area contributed by atoms with Gasteiger partial charge in [-0.05, 0) is 35.4 Å². The van der Waals surface area contributed by atoms with Crippen LogP contribution in [0.1, 0.15) is 27.4 Å². The molecule has 3 aromatic carbocycles. The minimum atomic E-state index is -0.0815. The van der Waals surface area contributed by atoms with Crippen LogP contribution in [-0.2, 0) is 19.7 Å². The first kappa shape index (κ1) is 23.8. The molecule has 184 valence electrons. The fourth-order valence-electron chi connectivity index (χ4n) is 4.33. The Bertz CT molecular complexity index is 1360. The molecular weight excluding hydrogens is 476 g/mol. The zero-order chi connectivity index (χ0) is 24.9. The number of imidazole rings is 1. The third kappa shape index (κ3) is 5.16. The first-order valence-corrected chi connectivity index (χ1v) is 12.2. The molecule has 1 aliphatic heterocycles. The topological polar surface area (TPSA) is 68.6 Å². The number of amides is 1. The van der Waals surface area contributed by atoms with Crippen LogP contribution in [0.25, 0.3) is 0 Å². The van der Waals surface area contributed by atoms with Gasteiger partial charge >= 0.3 is 0 Å². The number of methoxy groups -OCH3 is 1. The van der Waals surface area contributed by atoms with Crippen LogP contribution in [0.2, 0.25) is 5.02 Å². The largest absolute Gasteiger partial charge is 0.493 e. The fraction of sp³-hybridized carbons (Fsp3) is 0.214. The lowest BCUT2D eigenvalue weighted by Crippen LogP contribution is -2.33. The van der Waals surface area contributed by atoms with E-state index >= 15 is 0 Å². The van der Waals surface area contributed by atoms with E-state index in [0.717, 1.165) is 11.1 Å². The number of halogens is 1. The highest BCUT2D eigenvalue weighted by Gasteiger charge is 2.30. The molecular formula is C28H27ClN4O3. The standard InChI is InChI=1S/C28H27ClN4O3/c1-35-23-12-5-6-13-24(23)36-19-25-31-27-26(33(25)18-20-8-3-2-4-9-20)28(34)32(15-14-30-27)17-21-10-7-11-22(29)16-21/h2-13,16,30H,14-15,17-19H2,1H3. The monoisotopic (exact) mass is 502 g/mol. The number of para-hydroxylation sites is 2. The van der Waals surface area contributed by atoms with Crippen LogP contribution in [0.15, 0.2) is 78.9 Å². The molecule has 1 amide bonds. The van der Waals surface area contributed by atoms with Gasteiger partial charge in [0.05, 0.1) is 7.11 Å². The number of carbonyl (C=O) groups is 1. The van der Waals surface area contributed by atoms with Crippen molar-refractivity contribution < 1.29 is 14.3 Å². The van der Waals surface area contributed by atoms with Crippen molar-refractivity contribution in [2.75, 3.05) is 25.5 Å². The summed E-state index contributed by atoms with van der Waals surface area (Å²) >= 11 is 6.19. The molecule has 0 aliphatic carbocycles. The Balaban J connectivity index is 1.49. The molecule has 8 heteroatoms. The van der Waals surface area contributed by atoms with E-state index < -0.39 is 0 Å². The molecule has 0 fully saturated rings. The molecule has 5 rings (SSSR count). The predicted molar refractivity (Wildman–Crippen MR) is 140 cm³/mol. The smallest absolute Gasteiger partial charge is 0.274 e. The number of ether oxygens (including phenoxy) is 2. The zero-order valence-corrected chi connectivity index (χ0v) is 20.7. The SMILES string of the molecule is COc1ccccc1OCc1nc2c(n1Cc1ccccc1)C(=O)N(Cc1cccc(Cl)c1)CCN2. The molecule has 0 bridgehead atoms. The van der Waals surface area contributed by atoms with E-state index in [1.54, 1.807) is 7.11 Å². The summed E-state index contributed by atoms with van der Waals surface area (Å²) in [7, 11) is 1.61. The Morgan fingerprint density at radius 1 is 0.944 bits per heavy atom. The van der Waals surface area contributed by atoms with Gasteiger partial charge in [-0.15, -0.1) is 0 Å². The summed E-state index contributed by atoms with van der Waals surface area (Å²) in [5.41, 5.74) is 2.57. The van der Waals surface area contributed by atoms with Crippen molar-refractivity contribution in [3.05, 3.63) is 107 Å². The Hall–Kier alpha value is -3.97. The molecule has 1 aromatic heterocycles. The van der Waals surface area contributed by atoms with Gasteiger partial charge in [0.1, 0.15) is 12.4 Å². The van der Waals surface area contributed by atoms with Gasteiger partial charge in [0.2, 0.25) is 0 Å². The number of benzene rings is 3. The average molecular weight is 503 g/mol. The minimum absolute atomic E-state index is 0.0815. The number of fused-ring (bicyclic) bond motifs is 1. The minimum Gasteiger partial charge on any atom is -0.493 e. The summed E-state index contributed by atoms with van der Waals surface area (Å²) in [5.74, 6) is 2.40. The van der Waals surface area contributed by atoms with Gasteiger partial charge in [0.15, 0.2) is 23.0 Å². The number of hydrogen-bond acceptors (Lipinski definition) is 5. The van der Waals surface area contributed by atoms with Gasteiger partial charge < -0.3 is 24.3 Å². The third-order valence-electron chi connectivity index (χ3n) is 6.08. The Labute approximate surface area is 215 Å². The van der Waals surface area contributed by atoms with Crippen molar-refractivity contribution in [2.24, 2.45) is 0 Å². The number of rotatable bonds is 8. The molecule has 1 aliphatic rings. The molecule has 0 unspecified atom stereocenters. The zero-order valence-electron chi connectivity index (χ0n) is 20.0. The van der Waals surface area contributed by atoms with Crippen molar-refractivity contribution in [1.29, 1.82) is 0 Å². The second kappa shape index (κ2) is 10.7. The molecule has 36 heavy (non-hydrogen) atoms. The van der Waals surface area contributed by atoms with E-state index in [-0.39, 0.29) is 12.5 Å². The van der Waals surface area contributed by atoms with Crippen LogP contribution in [0.5, 0.6) is 11.5 Å². The molecule has 0 atom stereocenters. The van der Waals surface area contributed by atoms with Crippen LogP contribution in [0.3, 0.4) is 0 Å². The molecule has 7 nitrogen and oxygen atoms in total. The Morgan fingerprint density at radius 2 is 1.69 bits per heavy atom. The summed E-state index contributed by atoms with van der Waals surface area (Å²) in [6.07, 6.45) is 0. The molecule has 0 radical (unpaired) electrons. The van der Waals surface area contributed by atoms with E-state index in [4.69, 9.17) is 26.1 Å². The van der Waals surface area contributed by atoms with E-state index in [9.17, 15) is 4.79 Å². The summed E-state index contributed by atoms with van der Waals surface area (Å²) in [6, 6.07) is 25.1. The van der Waals surface area contributed by atoms with Crippen molar-refractivity contribution >= 4 is 23.3 Å². The lowest BCUT2D eigenvalue weighted by atomic mass is 10.2. The van der Waals surface area contributed by atoms with Crippen LogP contribution < -0.4 is 14.8 Å². The van der Waals surface area contributed by atoms with E-state index in [1.165, 1.54) is 0 Å². The molecule has 0 spiro atoms. The molecule has 0 saturated heterocycles. The molecule has 2 heterocycles. The number of nitrogens with zero attached hydrogens (tertiary/aromatic N) is 3.